The van der Waals surface area contributed by atoms with Gasteiger partial charge >= 0.3 is 0 Å². The zero-order chi connectivity index (χ0) is 18.1. The van der Waals surface area contributed by atoms with Gasteiger partial charge in [0.25, 0.3) is 0 Å². The van der Waals surface area contributed by atoms with Gasteiger partial charge in [-0.3, -0.25) is 0 Å². The average molecular weight is 365 g/mol. The van der Waals surface area contributed by atoms with Crippen LogP contribution < -0.4 is 5.32 Å². The molecule has 0 unspecified atom stereocenters. The molecule has 0 radical (unpaired) electrons. The van der Waals surface area contributed by atoms with Gasteiger partial charge in [0.2, 0.25) is 0 Å². The lowest BCUT2D eigenvalue weighted by Gasteiger charge is -2.08. The highest BCUT2D eigenvalue weighted by Crippen LogP contribution is 2.21. The van der Waals surface area contributed by atoms with Gasteiger partial charge in [0, 0.05) is 48.1 Å². The first-order chi connectivity index (χ1) is 12.6. The largest absolute Gasteiger partial charge is 0.370 e. The second-order valence-electron chi connectivity index (χ2n) is 6.12. The van der Waals surface area contributed by atoms with E-state index >= 15 is 0 Å². The Bertz CT molecular complexity index is 1050. The zero-order valence-electron chi connectivity index (χ0n) is 14.9. The van der Waals surface area contributed by atoms with E-state index in [1.54, 1.807) is 29.8 Å². The molecule has 7 nitrogen and oxygen atoms in total. The molecule has 26 heavy (non-hydrogen) atoms. The Balaban J connectivity index is 1.48. The fourth-order valence-corrected chi connectivity index (χ4v) is 3.53. The van der Waals surface area contributed by atoms with Gasteiger partial charge in [-0.2, -0.15) is 9.61 Å². The first-order valence-corrected chi connectivity index (χ1v) is 9.29. The second-order valence-corrected chi connectivity index (χ2v) is 6.98. The van der Waals surface area contributed by atoms with Crippen LogP contribution in [0.4, 0.5) is 5.82 Å². The molecule has 0 saturated heterocycles. The molecule has 4 aromatic rings. The first-order valence-electron chi connectivity index (χ1n) is 8.41. The van der Waals surface area contributed by atoms with Crippen LogP contribution in [0.1, 0.15) is 22.6 Å². The lowest BCUT2D eigenvalue weighted by atomic mass is 10.3. The van der Waals surface area contributed by atoms with Crippen LogP contribution in [-0.2, 0) is 6.42 Å². The maximum atomic E-state index is 4.63. The second kappa shape index (κ2) is 6.80. The smallest absolute Gasteiger partial charge is 0.188 e. The highest BCUT2D eigenvalue weighted by atomic mass is 32.1. The minimum atomic E-state index is 0.672. The van der Waals surface area contributed by atoms with Crippen LogP contribution in [0.15, 0.2) is 29.9 Å². The molecule has 0 aliphatic rings. The van der Waals surface area contributed by atoms with Crippen molar-refractivity contribution in [2.45, 2.75) is 27.2 Å². The summed E-state index contributed by atoms with van der Waals surface area (Å²) in [6, 6.07) is 3.82. The number of fused-ring (bicyclic) bond motifs is 1. The Kier molecular flexibility index (Phi) is 4.34. The molecule has 8 heteroatoms. The normalized spacial score (nSPS) is 11.2. The minimum absolute atomic E-state index is 0.672. The maximum absolute atomic E-state index is 4.63. The van der Waals surface area contributed by atoms with Crippen molar-refractivity contribution >= 4 is 22.8 Å². The molecular weight excluding hydrogens is 346 g/mol. The number of nitrogens with one attached hydrogen (secondary N) is 1. The van der Waals surface area contributed by atoms with Gasteiger partial charge in [0.1, 0.15) is 5.82 Å². The molecule has 0 fully saturated rings. The molecule has 0 aliphatic heterocycles. The van der Waals surface area contributed by atoms with E-state index in [9.17, 15) is 0 Å². The lowest BCUT2D eigenvalue weighted by Crippen LogP contribution is -2.10. The molecular formula is C18H19N7S. The number of thiazole rings is 1. The Morgan fingerprint density at radius 2 is 1.92 bits per heavy atom. The van der Waals surface area contributed by atoms with Crippen molar-refractivity contribution in [1.29, 1.82) is 0 Å². The van der Waals surface area contributed by atoms with Crippen molar-refractivity contribution in [3.05, 3.63) is 52.6 Å². The van der Waals surface area contributed by atoms with Crippen LogP contribution in [0.2, 0.25) is 0 Å². The van der Waals surface area contributed by atoms with Gasteiger partial charge in [-0.25, -0.2) is 19.9 Å². The third kappa shape index (κ3) is 3.15. The van der Waals surface area contributed by atoms with E-state index in [0.717, 1.165) is 52.1 Å². The molecule has 0 aromatic carbocycles. The van der Waals surface area contributed by atoms with E-state index in [-0.39, 0.29) is 0 Å². The molecule has 0 saturated carbocycles. The number of rotatable bonds is 5. The summed E-state index contributed by atoms with van der Waals surface area (Å²) in [6.45, 7) is 6.82. The third-order valence-corrected chi connectivity index (χ3v) is 5.07. The van der Waals surface area contributed by atoms with E-state index < -0.39 is 0 Å². The van der Waals surface area contributed by atoms with E-state index in [2.05, 4.69) is 42.7 Å². The summed E-state index contributed by atoms with van der Waals surface area (Å²) in [4.78, 5) is 17.7. The van der Waals surface area contributed by atoms with E-state index in [1.807, 2.05) is 24.4 Å². The summed E-state index contributed by atoms with van der Waals surface area (Å²) in [5.74, 6) is 1.62. The molecule has 0 atom stereocenters. The number of nitrogens with zero attached hydrogens (tertiary/aromatic N) is 6. The van der Waals surface area contributed by atoms with Crippen molar-refractivity contribution < 1.29 is 0 Å². The van der Waals surface area contributed by atoms with Gasteiger partial charge in [0.15, 0.2) is 16.5 Å². The maximum Gasteiger partial charge on any atom is 0.188 e. The van der Waals surface area contributed by atoms with Crippen LogP contribution in [0.3, 0.4) is 0 Å². The predicted octanol–water partition coefficient (Wildman–Crippen LogP) is 3.22. The van der Waals surface area contributed by atoms with Gasteiger partial charge in [-0.05, 0) is 26.8 Å². The molecule has 0 aliphatic carbocycles. The third-order valence-electron chi connectivity index (χ3n) is 4.18. The van der Waals surface area contributed by atoms with Gasteiger partial charge in [-0.15, -0.1) is 11.3 Å². The Morgan fingerprint density at radius 3 is 2.73 bits per heavy atom. The van der Waals surface area contributed by atoms with Crippen LogP contribution in [0.25, 0.3) is 16.5 Å². The number of aryl methyl sites for hydroxylation is 3. The molecule has 0 amide bonds. The van der Waals surface area contributed by atoms with Crippen molar-refractivity contribution in [3.63, 3.8) is 0 Å². The minimum Gasteiger partial charge on any atom is -0.370 e. The van der Waals surface area contributed by atoms with E-state index in [0.29, 0.717) is 5.82 Å². The fourth-order valence-electron chi connectivity index (χ4n) is 2.73. The van der Waals surface area contributed by atoms with Crippen molar-refractivity contribution in [1.82, 2.24) is 29.5 Å². The SMILES string of the molecule is Cc1cc(NCCc2csc(-c3ncccn3)n2)n2nc(C)c(C)c2n1. The fraction of sp³-hybridized carbons (Fsp3) is 0.278. The van der Waals surface area contributed by atoms with E-state index in [4.69, 9.17) is 0 Å². The molecule has 1 N–H and O–H groups in total. The molecule has 4 aromatic heterocycles. The van der Waals surface area contributed by atoms with Gasteiger partial charge < -0.3 is 5.32 Å². The lowest BCUT2D eigenvalue weighted by molar-refractivity contribution is 0.886. The number of hydrogen-bond donors (Lipinski definition) is 1. The van der Waals surface area contributed by atoms with Gasteiger partial charge in [-0.1, -0.05) is 0 Å². The quantitative estimate of drug-likeness (QED) is 0.585. The van der Waals surface area contributed by atoms with E-state index in [1.165, 1.54) is 0 Å². The topological polar surface area (TPSA) is 80.9 Å². The molecule has 132 valence electrons. The highest BCUT2D eigenvalue weighted by molar-refractivity contribution is 7.13. The van der Waals surface area contributed by atoms with Crippen molar-refractivity contribution in [2.24, 2.45) is 0 Å². The summed E-state index contributed by atoms with van der Waals surface area (Å²) >= 11 is 1.57. The first kappa shape index (κ1) is 16.6. The average Bonchev–Trinajstić information content (AvgIpc) is 3.22. The number of aromatic nitrogens is 6. The van der Waals surface area contributed by atoms with Crippen LogP contribution >= 0.6 is 11.3 Å². The summed E-state index contributed by atoms with van der Waals surface area (Å²) in [5.41, 5.74) is 5.02. The Morgan fingerprint density at radius 1 is 1.12 bits per heavy atom. The van der Waals surface area contributed by atoms with Crippen molar-refractivity contribution in [2.75, 3.05) is 11.9 Å². The van der Waals surface area contributed by atoms with Crippen molar-refractivity contribution in [3.8, 4) is 10.8 Å². The number of hydrogen-bond acceptors (Lipinski definition) is 7. The highest BCUT2D eigenvalue weighted by Gasteiger charge is 2.11. The Labute approximate surface area is 155 Å². The molecule has 4 heterocycles. The van der Waals surface area contributed by atoms with Crippen LogP contribution in [0, 0.1) is 20.8 Å². The number of anilines is 1. The molecule has 0 bridgehead atoms. The molecule has 0 spiro atoms. The summed E-state index contributed by atoms with van der Waals surface area (Å²) in [6.07, 6.45) is 4.28. The van der Waals surface area contributed by atoms with Gasteiger partial charge in [0.05, 0.1) is 11.4 Å². The van der Waals surface area contributed by atoms with Crippen LogP contribution in [-0.4, -0.2) is 36.1 Å². The summed E-state index contributed by atoms with van der Waals surface area (Å²) in [5, 5.41) is 11.0. The monoisotopic (exact) mass is 365 g/mol. The predicted molar refractivity (Wildman–Crippen MR) is 103 cm³/mol. The summed E-state index contributed by atoms with van der Waals surface area (Å²) in [7, 11) is 0. The standard InChI is InChI=1S/C18H19N7S/c1-11-9-15(25-17(22-11)12(2)13(3)24-25)19-8-5-14-10-26-18(23-14)16-20-6-4-7-21-16/h4,6-7,9-10,19H,5,8H2,1-3H3. The summed E-state index contributed by atoms with van der Waals surface area (Å²) < 4.78 is 1.88. The van der Waals surface area contributed by atoms with Crippen LogP contribution in [0.5, 0.6) is 0 Å². The zero-order valence-corrected chi connectivity index (χ0v) is 15.7. The molecule has 4 rings (SSSR count). The Hall–Kier alpha value is -2.87.